The molecule has 0 spiro atoms. The zero-order valence-corrected chi connectivity index (χ0v) is 11.7. The smallest absolute Gasteiger partial charge is 0.387 e. The molecule has 1 N–H and O–H groups in total. The van der Waals surface area contributed by atoms with Gasteiger partial charge in [0.1, 0.15) is 0 Å². The lowest BCUT2D eigenvalue weighted by atomic mass is 10.2. The van der Waals surface area contributed by atoms with Gasteiger partial charge in [0.25, 0.3) is 0 Å². The quantitative estimate of drug-likeness (QED) is 0.881. The molecule has 1 heterocycles. The summed E-state index contributed by atoms with van der Waals surface area (Å²) in [6, 6.07) is 5.59. The molecule has 20 heavy (non-hydrogen) atoms. The van der Waals surface area contributed by atoms with Gasteiger partial charge in [0.05, 0.1) is 0 Å². The molecule has 0 saturated heterocycles. The second kappa shape index (κ2) is 6.60. The fourth-order valence-corrected chi connectivity index (χ4v) is 1.97. The second-order valence-corrected chi connectivity index (χ2v) is 4.80. The number of benzene rings is 1. The Morgan fingerprint density at radius 1 is 1.25 bits per heavy atom. The Kier molecular flexibility index (Phi) is 4.84. The summed E-state index contributed by atoms with van der Waals surface area (Å²) in [5.41, 5.74) is 1.36. The maximum atomic E-state index is 13.5. The highest BCUT2D eigenvalue weighted by Gasteiger charge is 2.10. The first-order chi connectivity index (χ1) is 9.54. The number of aromatic nitrogens is 1. The van der Waals surface area contributed by atoms with E-state index in [-0.39, 0.29) is 0 Å². The van der Waals surface area contributed by atoms with Crippen LogP contribution in [0.25, 0.3) is 0 Å². The standard InChI is InChI=1S/C13H10BrF3N2O/c14-9-3-8(5-18-7-9)6-19-10-1-2-12(11(15)4-10)20-13(16)17/h1-5,7,13,19H,6H2. The lowest BCUT2D eigenvalue weighted by Crippen LogP contribution is -2.05. The van der Waals surface area contributed by atoms with Crippen molar-refractivity contribution in [2.75, 3.05) is 5.32 Å². The van der Waals surface area contributed by atoms with Crippen LogP contribution in [0.2, 0.25) is 0 Å². The van der Waals surface area contributed by atoms with Crippen molar-refractivity contribution in [3.63, 3.8) is 0 Å². The molecule has 0 saturated carbocycles. The monoisotopic (exact) mass is 346 g/mol. The highest BCUT2D eigenvalue weighted by atomic mass is 79.9. The van der Waals surface area contributed by atoms with E-state index < -0.39 is 18.2 Å². The number of pyridine rings is 1. The van der Waals surface area contributed by atoms with Gasteiger partial charge in [-0.1, -0.05) is 0 Å². The number of hydrogen-bond donors (Lipinski definition) is 1. The molecule has 0 amide bonds. The van der Waals surface area contributed by atoms with Gasteiger partial charge in [-0.2, -0.15) is 8.78 Å². The zero-order chi connectivity index (χ0) is 14.5. The maximum Gasteiger partial charge on any atom is 0.387 e. The van der Waals surface area contributed by atoms with Crippen LogP contribution in [0.4, 0.5) is 18.9 Å². The number of rotatable bonds is 5. The van der Waals surface area contributed by atoms with Gasteiger partial charge in [0.2, 0.25) is 0 Å². The molecule has 7 heteroatoms. The number of anilines is 1. The molecule has 0 aliphatic rings. The number of hydrogen-bond acceptors (Lipinski definition) is 3. The second-order valence-electron chi connectivity index (χ2n) is 3.89. The summed E-state index contributed by atoms with van der Waals surface area (Å²) in [6.07, 6.45) is 3.32. The molecule has 1 aromatic heterocycles. The molecule has 0 aliphatic heterocycles. The van der Waals surface area contributed by atoms with Crippen LogP contribution in [0.1, 0.15) is 5.56 Å². The van der Waals surface area contributed by atoms with Gasteiger partial charge in [0, 0.05) is 35.2 Å². The molecule has 0 radical (unpaired) electrons. The van der Waals surface area contributed by atoms with Gasteiger partial charge in [-0.05, 0) is 39.7 Å². The largest absolute Gasteiger partial charge is 0.432 e. The number of alkyl halides is 2. The Morgan fingerprint density at radius 3 is 2.70 bits per heavy atom. The fraction of sp³-hybridized carbons (Fsp3) is 0.154. The summed E-state index contributed by atoms with van der Waals surface area (Å²) in [5, 5.41) is 2.97. The van der Waals surface area contributed by atoms with Crippen molar-refractivity contribution in [3.05, 3.63) is 52.5 Å². The van der Waals surface area contributed by atoms with Crippen molar-refractivity contribution in [2.45, 2.75) is 13.2 Å². The van der Waals surface area contributed by atoms with Gasteiger partial charge in [-0.25, -0.2) is 4.39 Å². The van der Waals surface area contributed by atoms with E-state index in [4.69, 9.17) is 0 Å². The van der Waals surface area contributed by atoms with Crippen LogP contribution >= 0.6 is 15.9 Å². The molecule has 2 aromatic rings. The summed E-state index contributed by atoms with van der Waals surface area (Å²) in [5.74, 6) is -1.32. The Morgan fingerprint density at radius 2 is 2.05 bits per heavy atom. The van der Waals surface area contributed by atoms with E-state index in [0.29, 0.717) is 12.2 Å². The summed E-state index contributed by atoms with van der Waals surface area (Å²) >= 11 is 3.29. The van der Waals surface area contributed by atoms with E-state index in [1.165, 1.54) is 6.07 Å². The number of nitrogens with zero attached hydrogens (tertiary/aromatic N) is 1. The zero-order valence-electron chi connectivity index (χ0n) is 10.1. The predicted octanol–water partition coefficient (Wildman–Crippen LogP) is 4.20. The minimum Gasteiger partial charge on any atom is -0.432 e. The van der Waals surface area contributed by atoms with E-state index in [0.717, 1.165) is 22.2 Å². The highest BCUT2D eigenvalue weighted by Crippen LogP contribution is 2.23. The Balaban J connectivity index is 2.02. The Hall–Kier alpha value is -1.76. The molecule has 0 atom stereocenters. The highest BCUT2D eigenvalue weighted by molar-refractivity contribution is 9.10. The van der Waals surface area contributed by atoms with Crippen molar-refractivity contribution in [1.82, 2.24) is 4.98 Å². The van der Waals surface area contributed by atoms with Crippen LogP contribution in [0, 0.1) is 5.82 Å². The minimum absolute atomic E-state index is 0.431. The van der Waals surface area contributed by atoms with E-state index in [1.54, 1.807) is 12.4 Å². The van der Waals surface area contributed by atoms with Crippen LogP contribution in [-0.2, 0) is 6.54 Å². The summed E-state index contributed by atoms with van der Waals surface area (Å²) in [4.78, 5) is 4.00. The van der Waals surface area contributed by atoms with Crippen molar-refractivity contribution in [1.29, 1.82) is 0 Å². The van der Waals surface area contributed by atoms with Crippen molar-refractivity contribution in [3.8, 4) is 5.75 Å². The topological polar surface area (TPSA) is 34.2 Å². The van der Waals surface area contributed by atoms with E-state index in [2.05, 4.69) is 31.0 Å². The minimum atomic E-state index is -3.05. The van der Waals surface area contributed by atoms with Gasteiger partial charge in [-0.3, -0.25) is 4.98 Å². The van der Waals surface area contributed by atoms with Gasteiger partial charge >= 0.3 is 6.61 Å². The van der Waals surface area contributed by atoms with Crippen LogP contribution in [-0.4, -0.2) is 11.6 Å². The number of halogens is 4. The number of nitrogens with one attached hydrogen (secondary N) is 1. The molecule has 0 unspecified atom stereocenters. The average molecular weight is 347 g/mol. The van der Waals surface area contributed by atoms with Crippen molar-refractivity contribution < 1.29 is 17.9 Å². The number of ether oxygens (including phenoxy) is 1. The van der Waals surface area contributed by atoms with E-state index in [1.807, 2.05) is 6.07 Å². The van der Waals surface area contributed by atoms with Crippen molar-refractivity contribution >= 4 is 21.6 Å². The lowest BCUT2D eigenvalue weighted by molar-refractivity contribution is -0.0521. The summed E-state index contributed by atoms with van der Waals surface area (Å²) in [7, 11) is 0. The normalized spacial score (nSPS) is 10.7. The Labute approximate surface area is 121 Å². The summed E-state index contributed by atoms with van der Waals surface area (Å²) in [6.45, 7) is -2.61. The van der Waals surface area contributed by atoms with Gasteiger partial charge < -0.3 is 10.1 Å². The molecule has 0 bridgehead atoms. The molecule has 3 nitrogen and oxygen atoms in total. The Bertz CT molecular complexity index is 596. The molecule has 106 valence electrons. The van der Waals surface area contributed by atoms with Crippen LogP contribution < -0.4 is 10.1 Å². The van der Waals surface area contributed by atoms with Crippen LogP contribution in [0.15, 0.2) is 41.1 Å². The van der Waals surface area contributed by atoms with Crippen molar-refractivity contribution in [2.24, 2.45) is 0 Å². The van der Waals surface area contributed by atoms with Gasteiger partial charge in [-0.15, -0.1) is 0 Å². The SMILES string of the molecule is Fc1cc(NCc2cncc(Br)c2)ccc1OC(F)F. The maximum absolute atomic E-state index is 13.5. The average Bonchev–Trinajstić information content (AvgIpc) is 2.39. The third-order valence-corrected chi connectivity index (χ3v) is 2.84. The molecule has 1 aromatic carbocycles. The van der Waals surface area contributed by atoms with E-state index in [9.17, 15) is 13.2 Å². The van der Waals surface area contributed by atoms with E-state index >= 15 is 0 Å². The van der Waals surface area contributed by atoms with Crippen LogP contribution in [0.5, 0.6) is 5.75 Å². The van der Waals surface area contributed by atoms with Crippen LogP contribution in [0.3, 0.4) is 0 Å². The fourth-order valence-electron chi connectivity index (χ4n) is 1.56. The molecular weight excluding hydrogens is 337 g/mol. The third-order valence-electron chi connectivity index (χ3n) is 2.41. The first-order valence-electron chi connectivity index (χ1n) is 5.62. The molecule has 2 rings (SSSR count). The molecule has 0 aliphatic carbocycles. The summed E-state index contributed by atoms with van der Waals surface area (Å²) < 4.78 is 42.3. The third kappa shape index (κ3) is 4.12. The lowest BCUT2D eigenvalue weighted by Gasteiger charge is -2.09. The first-order valence-corrected chi connectivity index (χ1v) is 6.41. The van der Waals surface area contributed by atoms with Gasteiger partial charge in [0.15, 0.2) is 11.6 Å². The molecular formula is C13H10BrF3N2O. The predicted molar refractivity (Wildman–Crippen MR) is 72.3 cm³/mol. The first kappa shape index (κ1) is 14.6. The molecule has 0 fully saturated rings.